The number of halogens is 2. The molecule has 0 unspecified atom stereocenters. The topological polar surface area (TPSA) is 35.5 Å². The highest BCUT2D eigenvalue weighted by Gasteiger charge is 2.10. The molecule has 0 atom stereocenters. The number of hydrogen-bond acceptors (Lipinski definition) is 3. The van der Waals surface area contributed by atoms with Crippen LogP contribution in [0.2, 0.25) is 0 Å². The lowest BCUT2D eigenvalue weighted by atomic mass is 10.1. The molecule has 0 heterocycles. The Kier molecular flexibility index (Phi) is 4.83. The van der Waals surface area contributed by atoms with Crippen molar-refractivity contribution in [2.24, 2.45) is 0 Å². The fraction of sp³-hybridized carbons (Fsp3) is 0.308. The lowest BCUT2D eigenvalue weighted by Gasteiger charge is -2.11. The number of rotatable bonds is 4. The summed E-state index contributed by atoms with van der Waals surface area (Å²) in [4.78, 5) is 10.9. The van der Waals surface area contributed by atoms with Crippen molar-refractivity contribution in [3.05, 3.63) is 34.9 Å². The number of carbonyl (C=O) groups excluding carboxylic acids is 1. The van der Waals surface area contributed by atoms with Gasteiger partial charge in [-0.1, -0.05) is 0 Å². The van der Waals surface area contributed by atoms with Crippen LogP contribution in [0.1, 0.15) is 16.7 Å². The third-order valence-corrected chi connectivity index (χ3v) is 2.30. The molecule has 1 rings (SSSR count). The van der Waals surface area contributed by atoms with Gasteiger partial charge >= 0.3 is 12.6 Å². The lowest BCUT2D eigenvalue weighted by Crippen LogP contribution is -2.05. The minimum Gasteiger partial charge on any atom is -0.466 e. The van der Waals surface area contributed by atoms with E-state index in [4.69, 9.17) is 0 Å². The summed E-state index contributed by atoms with van der Waals surface area (Å²) in [5.41, 5.74) is 1.89. The predicted octanol–water partition coefficient (Wildman–Crippen LogP) is 3.09. The molecule has 1 aromatic carbocycles. The van der Waals surface area contributed by atoms with E-state index in [-0.39, 0.29) is 5.75 Å². The Bertz CT molecular complexity index is 444. The zero-order chi connectivity index (χ0) is 13.7. The Balaban J connectivity index is 2.99. The molecule has 0 aliphatic carbocycles. The Morgan fingerprint density at radius 2 is 1.83 bits per heavy atom. The maximum absolute atomic E-state index is 12.2. The normalized spacial score (nSPS) is 11.0. The molecular formula is C13H14F2O3. The first-order chi connectivity index (χ1) is 8.43. The number of aryl methyl sites for hydroxylation is 2. The molecular weight excluding hydrogens is 242 g/mol. The Morgan fingerprint density at radius 3 is 2.28 bits per heavy atom. The summed E-state index contributed by atoms with van der Waals surface area (Å²) in [5, 5.41) is 0. The number of benzene rings is 1. The van der Waals surface area contributed by atoms with Crippen molar-refractivity contribution in [3.8, 4) is 5.75 Å². The third kappa shape index (κ3) is 3.84. The first-order valence-electron chi connectivity index (χ1n) is 5.26. The number of alkyl halides is 2. The maximum atomic E-state index is 12.2. The van der Waals surface area contributed by atoms with Crippen LogP contribution in [-0.4, -0.2) is 19.7 Å². The Hall–Kier alpha value is -1.91. The van der Waals surface area contributed by atoms with E-state index in [1.165, 1.54) is 13.2 Å². The van der Waals surface area contributed by atoms with Crippen LogP contribution in [0.5, 0.6) is 5.75 Å². The van der Waals surface area contributed by atoms with E-state index in [1.807, 2.05) is 0 Å². The van der Waals surface area contributed by atoms with Crippen LogP contribution in [0, 0.1) is 13.8 Å². The summed E-state index contributed by atoms with van der Waals surface area (Å²) in [5.74, 6) is -0.307. The smallest absolute Gasteiger partial charge is 0.387 e. The second-order valence-corrected chi connectivity index (χ2v) is 3.72. The van der Waals surface area contributed by atoms with Crippen molar-refractivity contribution >= 4 is 12.0 Å². The van der Waals surface area contributed by atoms with E-state index in [2.05, 4.69) is 9.47 Å². The van der Waals surface area contributed by atoms with Crippen LogP contribution in [0.15, 0.2) is 18.2 Å². The molecule has 18 heavy (non-hydrogen) atoms. The van der Waals surface area contributed by atoms with Gasteiger partial charge < -0.3 is 9.47 Å². The van der Waals surface area contributed by atoms with E-state index in [0.29, 0.717) is 11.1 Å². The number of methoxy groups -OCH3 is 1. The van der Waals surface area contributed by atoms with Crippen molar-refractivity contribution in [2.45, 2.75) is 20.5 Å². The second kappa shape index (κ2) is 6.14. The van der Waals surface area contributed by atoms with Gasteiger partial charge in [0.1, 0.15) is 5.75 Å². The molecule has 0 fully saturated rings. The molecule has 0 aliphatic rings. The fourth-order valence-corrected chi connectivity index (χ4v) is 1.59. The average Bonchev–Trinajstić information content (AvgIpc) is 2.30. The number of ether oxygens (including phenoxy) is 2. The molecule has 0 aromatic heterocycles. The minimum atomic E-state index is -2.85. The van der Waals surface area contributed by atoms with Crippen molar-refractivity contribution in [1.82, 2.24) is 0 Å². The van der Waals surface area contributed by atoms with Gasteiger partial charge in [0.2, 0.25) is 0 Å². The van der Waals surface area contributed by atoms with Gasteiger partial charge in [0.15, 0.2) is 0 Å². The summed E-state index contributed by atoms with van der Waals surface area (Å²) >= 11 is 0. The summed E-state index contributed by atoms with van der Waals surface area (Å²) in [6.07, 6.45) is 2.82. The van der Waals surface area contributed by atoms with E-state index in [1.54, 1.807) is 32.1 Å². The highest BCUT2D eigenvalue weighted by atomic mass is 19.3. The molecule has 5 heteroatoms. The minimum absolute atomic E-state index is 0.167. The predicted molar refractivity (Wildman–Crippen MR) is 63.6 cm³/mol. The van der Waals surface area contributed by atoms with E-state index in [0.717, 1.165) is 5.56 Å². The molecule has 0 amide bonds. The van der Waals surface area contributed by atoms with Crippen molar-refractivity contribution in [2.75, 3.05) is 7.11 Å². The molecule has 98 valence electrons. The summed E-state index contributed by atoms with van der Waals surface area (Å²) in [6, 6.07) is 3.31. The molecule has 3 nitrogen and oxygen atoms in total. The van der Waals surface area contributed by atoms with Crippen molar-refractivity contribution in [3.63, 3.8) is 0 Å². The van der Waals surface area contributed by atoms with Crippen LogP contribution < -0.4 is 4.74 Å². The Labute approximate surface area is 104 Å². The standard InChI is InChI=1S/C13H14F2O3/c1-8-6-10(4-5-11(16)17-3)7-9(2)12(8)18-13(14)15/h4-7,13H,1-3H3/b5-4+. The average molecular weight is 256 g/mol. The number of carbonyl (C=O) groups is 1. The highest BCUT2D eigenvalue weighted by molar-refractivity contribution is 5.87. The first-order valence-corrected chi connectivity index (χ1v) is 5.26. The van der Waals surface area contributed by atoms with Gasteiger partial charge in [-0.25, -0.2) is 4.79 Å². The molecule has 0 bridgehead atoms. The molecule has 0 radical (unpaired) electrons. The van der Waals surface area contributed by atoms with Crippen LogP contribution in [0.25, 0.3) is 6.08 Å². The van der Waals surface area contributed by atoms with Crippen molar-refractivity contribution < 1.29 is 23.0 Å². The van der Waals surface area contributed by atoms with Crippen molar-refractivity contribution in [1.29, 1.82) is 0 Å². The fourth-order valence-electron chi connectivity index (χ4n) is 1.59. The molecule has 0 saturated heterocycles. The van der Waals surface area contributed by atoms with E-state index < -0.39 is 12.6 Å². The van der Waals surface area contributed by atoms with E-state index in [9.17, 15) is 13.6 Å². The van der Waals surface area contributed by atoms with Crippen LogP contribution in [0.4, 0.5) is 8.78 Å². The molecule has 0 aliphatic heterocycles. The number of esters is 1. The largest absolute Gasteiger partial charge is 0.466 e. The maximum Gasteiger partial charge on any atom is 0.387 e. The second-order valence-electron chi connectivity index (χ2n) is 3.72. The van der Waals surface area contributed by atoms with Gasteiger partial charge in [-0.05, 0) is 48.7 Å². The third-order valence-electron chi connectivity index (χ3n) is 2.30. The molecule has 0 N–H and O–H groups in total. The van der Waals surface area contributed by atoms with Gasteiger partial charge in [-0.15, -0.1) is 0 Å². The molecule has 1 aromatic rings. The molecule has 0 saturated carbocycles. The monoisotopic (exact) mass is 256 g/mol. The number of hydrogen-bond donors (Lipinski definition) is 0. The van der Waals surface area contributed by atoms with Gasteiger partial charge in [0.05, 0.1) is 7.11 Å². The van der Waals surface area contributed by atoms with Gasteiger partial charge in [-0.2, -0.15) is 8.78 Å². The summed E-state index contributed by atoms with van der Waals surface area (Å²) < 4.78 is 33.3. The summed E-state index contributed by atoms with van der Waals surface area (Å²) in [6.45, 7) is 0.485. The quantitative estimate of drug-likeness (QED) is 0.613. The van der Waals surface area contributed by atoms with Gasteiger partial charge in [0.25, 0.3) is 0 Å². The lowest BCUT2D eigenvalue weighted by molar-refractivity contribution is -0.134. The zero-order valence-electron chi connectivity index (χ0n) is 10.4. The van der Waals surface area contributed by atoms with Crippen LogP contribution >= 0.6 is 0 Å². The van der Waals surface area contributed by atoms with Gasteiger partial charge in [-0.3, -0.25) is 0 Å². The van der Waals surface area contributed by atoms with Crippen LogP contribution in [0.3, 0.4) is 0 Å². The SMILES string of the molecule is COC(=O)/C=C/c1cc(C)c(OC(F)F)c(C)c1. The first kappa shape index (κ1) is 14.2. The van der Waals surface area contributed by atoms with Crippen LogP contribution in [-0.2, 0) is 9.53 Å². The Morgan fingerprint density at radius 1 is 1.28 bits per heavy atom. The highest BCUT2D eigenvalue weighted by Crippen LogP contribution is 2.26. The summed E-state index contributed by atoms with van der Waals surface area (Å²) in [7, 11) is 1.28. The molecule has 0 spiro atoms. The van der Waals surface area contributed by atoms with E-state index >= 15 is 0 Å². The zero-order valence-corrected chi connectivity index (χ0v) is 10.4. The van der Waals surface area contributed by atoms with Gasteiger partial charge in [0, 0.05) is 6.08 Å².